The Morgan fingerprint density at radius 1 is 0.943 bits per heavy atom. The second-order valence-corrected chi connectivity index (χ2v) is 14.1. The minimum Gasteiger partial charge on any atom is -0.221 e. The van der Waals surface area contributed by atoms with Gasteiger partial charge >= 0.3 is 0 Å². The number of halogens is 1. The van der Waals surface area contributed by atoms with Crippen molar-refractivity contribution in [2.24, 2.45) is 5.92 Å². The maximum Gasteiger partial charge on any atom is 0.272 e. The summed E-state index contributed by atoms with van der Waals surface area (Å²) >= 11 is 0. The molecule has 1 aliphatic rings. The second kappa shape index (κ2) is 9.28. The number of benzene rings is 2. The quantitative estimate of drug-likeness (QED) is 0.488. The summed E-state index contributed by atoms with van der Waals surface area (Å²) in [7, 11) is -12.2. The number of fused-ring (bicyclic) bond motifs is 1. The maximum absolute atomic E-state index is 14.5. The summed E-state index contributed by atoms with van der Waals surface area (Å²) in [5, 5.41) is -0.0315. The molecule has 0 atom stereocenters. The van der Waals surface area contributed by atoms with Crippen LogP contribution in [0.15, 0.2) is 58.5 Å². The Hall–Kier alpha value is -2.32. The van der Waals surface area contributed by atoms with E-state index in [-0.39, 0.29) is 31.1 Å². The standard InChI is InChI=1S/C22H26FN3O6S3/c1-16-6-5-8-20-18(16)14-22(26(20)34(29,30)21-9-4-3-7-19(21)23)35(31,32)25-12-10-17(11-13-25)15-24-33(2,27)28/h3-9,14,17,24H,10-13,15H2,1-2H3. The van der Waals surface area contributed by atoms with Gasteiger partial charge in [-0.1, -0.05) is 24.3 Å². The molecular weight excluding hydrogens is 517 g/mol. The van der Waals surface area contributed by atoms with Gasteiger partial charge in [0.05, 0.1) is 11.8 Å². The van der Waals surface area contributed by atoms with Crippen LogP contribution in [0.3, 0.4) is 0 Å². The lowest BCUT2D eigenvalue weighted by molar-refractivity contribution is 0.273. The predicted molar refractivity (Wildman–Crippen MR) is 130 cm³/mol. The number of rotatable bonds is 7. The van der Waals surface area contributed by atoms with Crippen molar-refractivity contribution in [3.63, 3.8) is 0 Å². The molecule has 2 heterocycles. The van der Waals surface area contributed by atoms with Crippen molar-refractivity contribution in [1.82, 2.24) is 13.0 Å². The molecule has 1 N–H and O–H groups in total. The summed E-state index contributed by atoms with van der Waals surface area (Å²) < 4.78 is 96.2. The molecule has 0 saturated carbocycles. The van der Waals surface area contributed by atoms with Gasteiger partial charge in [0.2, 0.25) is 10.0 Å². The second-order valence-electron chi connectivity index (χ2n) is 8.66. The van der Waals surface area contributed by atoms with Crippen molar-refractivity contribution < 1.29 is 29.6 Å². The number of aryl methyl sites for hydroxylation is 1. The Bertz CT molecular complexity index is 1590. The van der Waals surface area contributed by atoms with Gasteiger partial charge in [-0.15, -0.1) is 0 Å². The van der Waals surface area contributed by atoms with E-state index >= 15 is 0 Å². The van der Waals surface area contributed by atoms with Crippen molar-refractivity contribution in [3.8, 4) is 0 Å². The molecule has 13 heteroatoms. The van der Waals surface area contributed by atoms with E-state index in [0.717, 1.165) is 18.4 Å². The van der Waals surface area contributed by atoms with Crippen LogP contribution in [0.2, 0.25) is 0 Å². The van der Waals surface area contributed by atoms with Crippen molar-refractivity contribution >= 4 is 41.0 Å². The van der Waals surface area contributed by atoms with Crippen LogP contribution in [0.25, 0.3) is 10.9 Å². The molecule has 0 amide bonds. The minimum absolute atomic E-state index is 0.0496. The number of aromatic nitrogens is 1. The smallest absolute Gasteiger partial charge is 0.221 e. The van der Waals surface area contributed by atoms with Gasteiger partial charge in [-0.25, -0.2) is 38.3 Å². The third kappa shape index (κ3) is 5.00. The van der Waals surface area contributed by atoms with Crippen LogP contribution < -0.4 is 4.72 Å². The van der Waals surface area contributed by atoms with Crippen LogP contribution in [0.1, 0.15) is 18.4 Å². The fourth-order valence-electron chi connectivity index (χ4n) is 4.27. The number of hydrogen-bond acceptors (Lipinski definition) is 6. The fourth-order valence-corrected chi connectivity index (χ4v) is 8.38. The zero-order valence-electron chi connectivity index (χ0n) is 19.2. The van der Waals surface area contributed by atoms with E-state index in [1.165, 1.54) is 28.6 Å². The third-order valence-electron chi connectivity index (χ3n) is 6.15. The normalized spacial score (nSPS) is 16.7. The lowest BCUT2D eigenvalue weighted by Crippen LogP contribution is -2.42. The van der Waals surface area contributed by atoms with Gasteiger partial charge in [0.15, 0.2) is 5.03 Å². The molecule has 0 radical (unpaired) electrons. The van der Waals surface area contributed by atoms with Crippen LogP contribution >= 0.6 is 0 Å². The first-order valence-corrected chi connectivity index (χ1v) is 15.7. The molecule has 3 aromatic rings. The molecule has 1 fully saturated rings. The van der Waals surface area contributed by atoms with E-state index in [9.17, 15) is 29.6 Å². The molecular formula is C22H26FN3O6S3. The van der Waals surface area contributed by atoms with E-state index in [4.69, 9.17) is 0 Å². The largest absolute Gasteiger partial charge is 0.272 e. The van der Waals surface area contributed by atoms with Crippen molar-refractivity contribution in [2.75, 3.05) is 25.9 Å². The van der Waals surface area contributed by atoms with Gasteiger partial charge in [-0.05, 0) is 55.5 Å². The zero-order valence-corrected chi connectivity index (χ0v) is 21.6. The van der Waals surface area contributed by atoms with Crippen molar-refractivity contribution in [3.05, 3.63) is 59.9 Å². The molecule has 35 heavy (non-hydrogen) atoms. The highest BCUT2D eigenvalue weighted by atomic mass is 32.2. The first kappa shape index (κ1) is 25.8. The average molecular weight is 544 g/mol. The number of hydrogen-bond donors (Lipinski definition) is 1. The molecule has 190 valence electrons. The Balaban J connectivity index is 1.77. The summed E-state index contributed by atoms with van der Waals surface area (Å²) in [5.41, 5.74) is 0.811. The molecule has 9 nitrogen and oxygen atoms in total. The van der Waals surface area contributed by atoms with E-state index < -0.39 is 45.8 Å². The minimum atomic E-state index is -4.60. The molecule has 1 aliphatic heterocycles. The predicted octanol–water partition coefficient (Wildman–Crippen LogP) is 2.28. The van der Waals surface area contributed by atoms with Crippen LogP contribution in [0.5, 0.6) is 0 Å². The van der Waals surface area contributed by atoms with Crippen molar-refractivity contribution in [2.45, 2.75) is 29.7 Å². The number of nitrogens with one attached hydrogen (secondary N) is 1. The highest BCUT2D eigenvalue weighted by molar-refractivity contribution is 7.92. The van der Waals surface area contributed by atoms with Crippen LogP contribution in [0.4, 0.5) is 4.39 Å². The molecule has 0 aliphatic carbocycles. The molecule has 0 unspecified atom stereocenters. The Kier molecular flexibility index (Phi) is 6.83. The number of piperidine rings is 1. The average Bonchev–Trinajstić information content (AvgIpc) is 3.20. The molecule has 0 bridgehead atoms. The Morgan fingerprint density at radius 2 is 1.60 bits per heavy atom. The van der Waals surface area contributed by atoms with Gasteiger partial charge in [-0.2, -0.15) is 4.31 Å². The van der Waals surface area contributed by atoms with Gasteiger partial charge < -0.3 is 0 Å². The highest BCUT2D eigenvalue weighted by Gasteiger charge is 2.36. The van der Waals surface area contributed by atoms with Gasteiger partial charge in [-0.3, -0.25) is 0 Å². The summed E-state index contributed by atoms with van der Waals surface area (Å²) in [6.07, 6.45) is 1.87. The third-order valence-corrected chi connectivity index (χ3v) is 10.6. The lowest BCUT2D eigenvalue weighted by Gasteiger charge is -2.31. The maximum atomic E-state index is 14.5. The van der Waals surface area contributed by atoms with Gasteiger partial charge in [0.1, 0.15) is 10.7 Å². The zero-order chi connectivity index (χ0) is 25.6. The van der Waals surface area contributed by atoms with Crippen LogP contribution in [-0.2, 0) is 30.1 Å². The van der Waals surface area contributed by atoms with E-state index in [1.807, 2.05) is 0 Å². The van der Waals surface area contributed by atoms with E-state index in [2.05, 4.69) is 4.72 Å². The van der Waals surface area contributed by atoms with E-state index in [0.29, 0.717) is 27.8 Å². The first-order valence-electron chi connectivity index (χ1n) is 10.9. The summed E-state index contributed by atoms with van der Waals surface area (Å²) in [4.78, 5) is -0.624. The molecule has 2 aromatic carbocycles. The molecule has 1 aromatic heterocycles. The SMILES string of the molecule is Cc1cccc2c1cc(S(=O)(=O)N1CCC(CNS(C)(=O)=O)CC1)n2S(=O)(=O)c1ccccc1F. The lowest BCUT2D eigenvalue weighted by atomic mass is 9.99. The van der Waals surface area contributed by atoms with Gasteiger partial charge in [0.25, 0.3) is 20.0 Å². The molecule has 0 spiro atoms. The first-order chi connectivity index (χ1) is 16.3. The monoisotopic (exact) mass is 543 g/mol. The highest BCUT2D eigenvalue weighted by Crippen LogP contribution is 2.33. The summed E-state index contributed by atoms with van der Waals surface area (Å²) in [6, 6.07) is 11.0. The van der Waals surface area contributed by atoms with Crippen LogP contribution in [-0.4, -0.2) is 59.4 Å². The Labute approximate surface area is 204 Å². The molecule has 1 saturated heterocycles. The van der Waals surface area contributed by atoms with Crippen LogP contribution in [0, 0.1) is 18.7 Å². The van der Waals surface area contributed by atoms with E-state index in [1.54, 1.807) is 19.1 Å². The summed E-state index contributed by atoms with van der Waals surface area (Å²) in [5.74, 6) is -1.03. The topological polar surface area (TPSA) is 123 Å². The number of sulfonamides is 2. The van der Waals surface area contributed by atoms with Crippen molar-refractivity contribution in [1.29, 1.82) is 0 Å². The molecule has 4 rings (SSSR count). The van der Waals surface area contributed by atoms with Gasteiger partial charge in [0, 0.05) is 25.0 Å². The Morgan fingerprint density at radius 3 is 2.23 bits per heavy atom. The number of nitrogens with zero attached hydrogens (tertiary/aromatic N) is 2. The summed E-state index contributed by atoms with van der Waals surface area (Å²) in [6.45, 7) is 2.13. The fraction of sp³-hybridized carbons (Fsp3) is 0.364.